The number of nitro benzene ring substituents is 1. The van der Waals surface area contributed by atoms with Crippen molar-refractivity contribution in [3.63, 3.8) is 0 Å². The van der Waals surface area contributed by atoms with Gasteiger partial charge in [0, 0.05) is 11.6 Å². The predicted octanol–water partition coefficient (Wildman–Crippen LogP) is 4.35. The zero-order valence-corrected chi connectivity index (χ0v) is 11.9. The fourth-order valence-electron chi connectivity index (χ4n) is 1.58. The van der Waals surface area contributed by atoms with Crippen molar-refractivity contribution in [3.05, 3.63) is 67.9 Å². The van der Waals surface area contributed by atoms with Crippen LogP contribution in [0.2, 0.25) is 0 Å². The van der Waals surface area contributed by atoms with E-state index in [-0.39, 0.29) is 11.1 Å². The van der Waals surface area contributed by atoms with Gasteiger partial charge in [0.25, 0.3) is 0 Å². The second-order valence-electron chi connectivity index (χ2n) is 3.99. The summed E-state index contributed by atoms with van der Waals surface area (Å²) in [5.74, 6) is -3.30. The first kappa shape index (κ1) is 15.3. The van der Waals surface area contributed by atoms with E-state index in [2.05, 4.69) is 15.9 Å². The van der Waals surface area contributed by atoms with E-state index in [0.717, 1.165) is 0 Å². The van der Waals surface area contributed by atoms with Crippen LogP contribution in [-0.4, -0.2) is 4.92 Å². The second kappa shape index (κ2) is 6.13. The van der Waals surface area contributed by atoms with Gasteiger partial charge in [-0.15, -0.1) is 0 Å². The van der Waals surface area contributed by atoms with Gasteiger partial charge in [-0.2, -0.15) is 4.39 Å². The Morgan fingerprint density at radius 2 is 1.86 bits per heavy atom. The van der Waals surface area contributed by atoms with Crippen molar-refractivity contribution in [1.29, 1.82) is 0 Å². The van der Waals surface area contributed by atoms with Crippen LogP contribution in [0, 0.1) is 27.6 Å². The van der Waals surface area contributed by atoms with Crippen molar-refractivity contribution in [2.24, 2.45) is 0 Å². The third kappa shape index (κ3) is 3.33. The van der Waals surface area contributed by atoms with Crippen LogP contribution < -0.4 is 4.74 Å². The minimum atomic E-state index is -1.21. The summed E-state index contributed by atoms with van der Waals surface area (Å²) in [7, 11) is 0. The van der Waals surface area contributed by atoms with Gasteiger partial charge in [0.05, 0.1) is 15.5 Å². The van der Waals surface area contributed by atoms with E-state index < -0.39 is 33.8 Å². The van der Waals surface area contributed by atoms with E-state index in [9.17, 15) is 23.3 Å². The summed E-state index contributed by atoms with van der Waals surface area (Å²) >= 11 is 3.01. The van der Waals surface area contributed by atoms with Gasteiger partial charge in [0.1, 0.15) is 12.4 Å². The monoisotopic (exact) mass is 361 g/mol. The summed E-state index contributed by atoms with van der Waals surface area (Å²) in [5, 5.41) is 10.5. The van der Waals surface area contributed by atoms with E-state index in [4.69, 9.17) is 4.74 Å². The van der Waals surface area contributed by atoms with Crippen molar-refractivity contribution in [2.75, 3.05) is 0 Å². The molecule has 0 aliphatic rings. The van der Waals surface area contributed by atoms with E-state index in [1.54, 1.807) is 0 Å². The number of benzene rings is 2. The molecule has 2 aromatic carbocycles. The molecular weight excluding hydrogens is 355 g/mol. The second-order valence-corrected chi connectivity index (χ2v) is 4.79. The highest BCUT2D eigenvalue weighted by molar-refractivity contribution is 9.10. The maximum atomic E-state index is 13.6. The van der Waals surface area contributed by atoms with Gasteiger partial charge in [-0.3, -0.25) is 10.1 Å². The average Bonchev–Trinajstić information content (AvgIpc) is 2.43. The standard InChI is InChI=1S/C13H7BrF3NO3/c14-13-7(2-1-3-8(13)15)6-21-12-5-9(16)11(18(19)20)4-10(12)17/h1-5H,6H2. The molecule has 0 amide bonds. The van der Waals surface area contributed by atoms with Crippen LogP contribution >= 0.6 is 15.9 Å². The summed E-state index contributed by atoms with van der Waals surface area (Å²) in [4.78, 5) is 9.42. The molecule has 0 saturated heterocycles. The minimum absolute atomic E-state index is 0.146. The summed E-state index contributed by atoms with van der Waals surface area (Å²) in [6.45, 7) is -0.230. The molecule has 110 valence electrons. The molecule has 0 aliphatic carbocycles. The summed E-state index contributed by atoms with van der Waals surface area (Å²) in [5.41, 5.74) is -0.597. The maximum Gasteiger partial charge on any atom is 0.307 e. The number of ether oxygens (including phenoxy) is 1. The first-order valence-electron chi connectivity index (χ1n) is 5.59. The number of rotatable bonds is 4. The molecular formula is C13H7BrF3NO3. The molecule has 0 unspecified atom stereocenters. The Morgan fingerprint density at radius 1 is 1.14 bits per heavy atom. The normalized spacial score (nSPS) is 10.5. The molecule has 21 heavy (non-hydrogen) atoms. The van der Waals surface area contributed by atoms with Crippen molar-refractivity contribution in [1.82, 2.24) is 0 Å². The highest BCUT2D eigenvalue weighted by Gasteiger charge is 2.19. The molecule has 0 N–H and O–H groups in total. The topological polar surface area (TPSA) is 52.4 Å². The van der Waals surface area contributed by atoms with E-state index in [1.165, 1.54) is 18.2 Å². The Kier molecular flexibility index (Phi) is 4.46. The van der Waals surface area contributed by atoms with Gasteiger partial charge < -0.3 is 4.74 Å². The van der Waals surface area contributed by atoms with Crippen LogP contribution in [0.15, 0.2) is 34.8 Å². The Morgan fingerprint density at radius 3 is 2.52 bits per heavy atom. The number of nitrogens with zero attached hydrogens (tertiary/aromatic N) is 1. The average molecular weight is 362 g/mol. The van der Waals surface area contributed by atoms with Crippen molar-refractivity contribution in [3.8, 4) is 5.75 Å². The largest absolute Gasteiger partial charge is 0.486 e. The van der Waals surface area contributed by atoms with E-state index >= 15 is 0 Å². The van der Waals surface area contributed by atoms with Crippen LogP contribution in [0.3, 0.4) is 0 Å². The predicted molar refractivity (Wildman–Crippen MR) is 71.4 cm³/mol. The molecule has 0 aromatic heterocycles. The molecule has 0 aliphatic heterocycles. The highest BCUT2D eigenvalue weighted by atomic mass is 79.9. The zero-order valence-electron chi connectivity index (χ0n) is 10.3. The fraction of sp³-hybridized carbons (Fsp3) is 0.0769. The molecule has 0 bridgehead atoms. The van der Waals surface area contributed by atoms with Gasteiger partial charge in [-0.25, -0.2) is 8.78 Å². The third-order valence-corrected chi connectivity index (χ3v) is 3.50. The van der Waals surface area contributed by atoms with Crippen LogP contribution in [0.4, 0.5) is 18.9 Å². The van der Waals surface area contributed by atoms with Gasteiger partial charge in [-0.1, -0.05) is 12.1 Å². The van der Waals surface area contributed by atoms with Crippen LogP contribution in [0.5, 0.6) is 5.75 Å². The summed E-state index contributed by atoms with van der Waals surface area (Å²) in [6, 6.07) is 5.21. The number of halogens is 4. The van der Waals surface area contributed by atoms with Gasteiger partial charge in [0.15, 0.2) is 11.6 Å². The molecule has 0 atom stereocenters. The Bertz CT molecular complexity index is 709. The van der Waals surface area contributed by atoms with Gasteiger partial charge >= 0.3 is 5.69 Å². The Balaban J connectivity index is 2.23. The first-order valence-corrected chi connectivity index (χ1v) is 6.38. The lowest BCUT2D eigenvalue weighted by atomic mass is 10.2. The van der Waals surface area contributed by atoms with Crippen molar-refractivity contribution < 1.29 is 22.8 Å². The smallest absolute Gasteiger partial charge is 0.307 e. The van der Waals surface area contributed by atoms with Crippen molar-refractivity contribution in [2.45, 2.75) is 6.61 Å². The minimum Gasteiger partial charge on any atom is -0.486 e. The Hall–Kier alpha value is -2.09. The number of nitro groups is 1. The van der Waals surface area contributed by atoms with Crippen LogP contribution in [0.1, 0.15) is 5.56 Å². The van der Waals surface area contributed by atoms with Gasteiger partial charge in [-0.05, 0) is 22.0 Å². The Labute approximate surface area is 125 Å². The summed E-state index contributed by atoms with van der Waals surface area (Å²) < 4.78 is 45.4. The lowest BCUT2D eigenvalue weighted by Gasteiger charge is -2.09. The lowest BCUT2D eigenvalue weighted by Crippen LogP contribution is -2.01. The molecule has 4 nitrogen and oxygen atoms in total. The molecule has 2 rings (SSSR count). The van der Waals surface area contributed by atoms with Crippen LogP contribution in [-0.2, 0) is 6.61 Å². The molecule has 0 radical (unpaired) electrons. The molecule has 8 heteroatoms. The molecule has 0 spiro atoms. The lowest BCUT2D eigenvalue weighted by molar-refractivity contribution is -0.387. The third-order valence-electron chi connectivity index (χ3n) is 2.61. The van der Waals surface area contributed by atoms with E-state index in [0.29, 0.717) is 17.7 Å². The maximum absolute atomic E-state index is 13.6. The molecule has 0 fully saturated rings. The number of hydrogen-bond acceptors (Lipinski definition) is 3. The van der Waals surface area contributed by atoms with E-state index in [1.807, 2.05) is 0 Å². The number of hydrogen-bond donors (Lipinski definition) is 0. The first-order chi connectivity index (χ1) is 9.90. The summed E-state index contributed by atoms with van der Waals surface area (Å²) in [6.07, 6.45) is 0. The molecule has 0 saturated carbocycles. The fourth-order valence-corrected chi connectivity index (χ4v) is 1.96. The SMILES string of the molecule is O=[N+]([O-])c1cc(F)c(OCc2cccc(F)c2Br)cc1F. The molecule has 2 aromatic rings. The highest BCUT2D eigenvalue weighted by Crippen LogP contribution is 2.28. The van der Waals surface area contributed by atoms with Gasteiger partial charge in [0.2, 0.25) is 5.82 Å². The quantitative estimate of drug-likeness (QED) is 0.600. The van der Waals surface area contributed by atoms with Crippen molar-refractivity contribution >= 4 is 21.6 Å². The zero-order chi connectivity index (χ0) is 15.6. The van der Waals surface area contributed by atoms with Crippen LogP contribution in [0.25, 0.3) is 0 Å². The molecule has 0 heterocycles.